The van der Waals surface area contributed by atoms with Crippen LogP contribution in [0.15, 0.2) is 65.7 Å². The van der Waals surface area contributed by atoms with Crippen molar-refractivity contribution in [2.45, 2.75) is 30.9 Å². The molecule has 3 aromatic carbocycles. The second-order valence-corrected chi connectivity index (χ2v) is 9.97. The summed E-state index contributed by atoms with van der Waals surface area (Å²) in [7, 11) is 1.61. The van der Waals surface area contributed by atoms with E-state index in [1.807, 2.05) is 43.3 Å². The maximum absolute atomic E-state index is 14.0. The number of hydrogen-bond acceptors (Lipinski definition) is 4. The van der Waals surface area contributed by atoms with Gasteiger partial charge in [0.15, 0.2) is 11.5 Å². The van der Waals surface area contributed by atoms with Crippen LogP contribution in [-0.4, -0.2) is 29.4 Å². The Bertz CT molecular complexity index is 1340. The minimum atomic E-state index is -1.26. The predicted octanol–water partition coefficient (Wildman–Crippen LogP) is 5.57. The smallest absolute Gasteiger partial charge is 0.261 e. The van der Waals surface area contributed by atoms with Gasteiger partial charge in [-0.25, -0.2) is 9.38 Å². The van der Waals surface area contributed by atoms with Crippen LogP contribution in [0.25, 0.3) is 11.1 Å². The first kappa shape index (κ1) is 22.7. The van der Waals surface area contributed by atoms with E-state index in [1.54, 1.807) is 19.2 Å². The summed E-state index contributed by atoms with van der Waals surface area (Å²) in [6, 6.07) is 17.3. The minimum Gasteiger partial charge on any atom is -0.487 e. The maximum Gasteiger partial charge on any atom is 0.261 e. The van der Waals surface area contributed by atoms with E-state index in [2.05, 4.69) is 4.99 Å². The lowest BCUT2D eigenvalue weighted by Gasteiger charge is -2.43. The van der Waals surface area contributed by atoms with Gasteiger partial charge in [-0.05, 0) is 66.1 Å². The van der Waals surface area contributed by atoms with Crippen LogP contribution in [0.4, 0.5) is 4.39 Å². The molecule has 0 aromatic heterocycles. The van der Waals surface area contributed by atoms with Gasteiger partial charge in [0.2, 0.25) is 0 Å². The highest BCUT2D eigenvalue weighted by molar-refractivity contribution is 6.31. The van der Waals surface area contributed by atoms with E-state index in [0.717, 1.165) is 5.56 Å². The average molecular weight is 498 g/mol. The number of amides is 1. The largest absolute Gasteiger partial charge is 0.487 e. The lowest BCUT2D eigenvalue weighted by atomic mass is 9.74. The molecule has 0 aliphatic carbocycles. The molecule has 5 nitrogen and oxygen atoms in total. The Morgan fingerprint density at radius 1 is 1.09 bits per heavy atom. The van der Waals surface area contributed by atoms with Crippen molar-refractivity contribution in [2.75, 3.05) is 7.05 Å². The Balaban J connectivity index is 1.65. The van der Waals surface area contributed by atoms with Gasteiger partial charge >= 0.3 is 0 Å². The molecule has 34 heavy (non-hydrogen) atoms. The van der Waals surface area contributed by atoms with Crippen molar-refractivity contribution < 1.29 is 13.9 Å². The molecule has 1 unspecified atom stereocenters. The molecule has 5 rings (SSSR count). The number of nitrogens with zero attached hydrogens (tertiary/aromatic N) is 2. The number of guanidine groups is 1. The number of rotatable bonds is 3. The summed E-state index contributed by atoms with van der Waals surface area (Å²) in [6.45, 7) is 1.95. The van der Waals surface area contributed by atoms with Gasteiger partial charge in [-0.3, -0.25) is 9.69 Å². The van der Waals surface area contributed by atoms with Gasteiger partial charge in [0.05, 0.1) is 0 Å². The van der Waals surface area contributed by atoms with Crippen molar-refractivity contribution in [2.24, 2.45) is 10.7 Å². The molecule has 3 aromatic rings. The molecule has 174 valence electrons. The molecule has 0 radical (unpaired) electrons. The fourth-order valence-corrected chi connectivity index (χ4v) is 5.38. The Hall–Kier alpha value is -3.09. The van der Waals surface area contributed by atoms with Crippen molar-refractivity contribution in [3.05, 3.63) is 87.7 Å². The van der Waals surface area contributed by atoms with Crippen LogP contribution in [0.3, 0.4) is 0 Å². The quantitative estimate of drug-likeness (QED) is 0.514. The molecule has 2 aliphatic rings. The second-order valence-electron chi connectivity index (χ2n) is 9.10. The molecule has 0 saturated carbocycles. The topological polar surface area (TPSA) is 67.9 Å². The van der Waals surface area contributed by atoms with Gasteiger partial charge in [-0.2, -0.15) is 0 Å². The van der Waals surface area contributed by atoms with Crippen molar-refractivity contribution in [3.63, 3.8) is 0 Å². The molecular formula is C26H22Cl2FN3O2. The SMILES string of the molecule is CN1C(=O)C2(C[C@@](C)(Cc3cccc(Cl)c3)Oc3ccc(-c4cc(F)cc(Cl)c4)cc32)N=C1N. The van der Waals surface area contributed by atoms with E-state index in [-0.39, 0.29) is 23.3 Å². The zero-order valence-electron chi connectivity index (χ0n) is 18.6. The third-order valence-corrected chi connectivity index (χ3v) is 6.84. The molecule has 2 aliphatic heterocycles. The van der Waals surface area contributed by atoms with Gasteiger partial charge in [-0.15, -0.1) is 0 Å². The fourth-order valence-electron chi connectivity index (χ4n) is 4.95. The highest BCUT2D eigenvalue weighted by Crippen LogP contribution is 2.50. The average Bonchev–Trinajstić information content (AvgIpc) is 2.96. The van der Waals surface area contributed by atoms with E-state index < -0.39 is 17.0 Å². The molecule has 2 atom stereocenters. The van der Waals surface area contributed by atoms with Crippen molar-refractivity contribution in [3.8, 4) is 16.9 Å². The molecule has 0 saturated heterocycles. The number of fused-ring (bicyclic) bond motifs is 2. The van der Waals surface area contributed by atoms with E-state index in [9.17, 15) is 9.18 Å². The third kappa shape index (κ3) is 3.81. The van der Waals surface area contributed by atoms with Crippen LogP contribution >= 0.6 is 23.2 Å². The monoisotopic (exact) mass is 497 g/mol. The Kier molecular flexibility index (Phi) is 5.34. The maximum atomic E-state index is 14.0. The molecule has 1 amide bonds. The number of aliphatic imine (C=N–C) groups is 1. The molecule has 0 bridgehead atoms. The third-order valence-electron chi connectivity index (χ3n) is 6.38. The lowest BCUT2D eigenvalue weighted by molar-refractivity contribution is -0.133. The standard InChI is InChI=1S/C26H22Cl2FN3O2/c1-25(13-15-4-3-5-18(27)8-15)14-26(23(33)32(2)24(30)31-26)21-11-16(6-7-22(21)34-25)17-9-19(28)12-20(29)10-17/h3-12H,13-14H2,1-2H3,(H2,30,31)/t25-,26?/m1/s1. The summed E-state index contributed by atoms with van der Waals surface area (Å²) >= 11 is 12.3. The van der Waals surface area contributed by atoms with E-state index in [4.69, 9.17) is 33.7 Å². The predicted molar refractivity (Wildman–Crippen MR) is 132 cm³/mol. The first-order valence-electron chi connectivity index (χ1n) is 10.8. The van der Waals surface area contributed by atoms with Crippen LogP contribution in [0, 0.1) is 5.82 Å². The number of carbonyl (C=O) groups excluding carboxylic acids is 1. The van der Waals surface area contributed by atoms with Crippen molar-refractivity contribution in [1.29, 1.82) is 0 Å². The summed E-state index contributed by atoms with van der Waals surface area (Å²) in [5.74, 6) is -0.00935. The van der Waals surface area contributed by atoms with Crippen LogP contribution in [0.5, 0.6) is 5.75 Å². The summed E-state index contributed by atoms with van der Waals surface area (Å²) in [4.78, 5) is 19.6. The zero-order chi connectivity index (χ0) is 24.3. The first-order chi connectivity index (χ1) is 16.1. The highest BCUT2D eigenvalue weighted by Gasteiger charge is 2.56. The number of nitrogens with two attached hydrogens (primary N) is 1. The number of carbonyl (C=O) groups is 1. The number of likely N-dealkylation sites (N-methyl/N-ethyl adjacent to an activating group) is 1. The summed E-state index contributed by atoms with van der Waals surface area (Å²) < 4.78 is 20.5. The molecule has 0 fully saturated rings. The first-order valence-corrected chi connectivity index (χ1v) is 11.5. The van der Waals surface area contributed by atoms with Crippen LogP contribution in [-0.2, 0) is 16.8 Å². The second kappa shape index (κ2) is 8.00. The fraction of sp³-hybridized carbons (Fsp3) is 0.231. The molecule has 1 spiro atoms. The Morgan fingerprint density at radius 2 is 1.88 bits per heavy atom. The number of ether oxygens (including phenoxy) is 1. The molecular weight excluding hydrogens is 476 g/mol. The normalized spacial score (nSPS) is 23.6. The van der Waals surface area contributed by atoms with Gasteiger partial charge in [0.25, 0.3) is 5.91 Å². The number of benzene rings is 3. The van der Waals surface area contributed by atoms with E-state index >= 15 is 0 Å². The number of halogens is 3. The van der Waals surface area contributed by atoms with Crippen LogP contribution < -0.4 is 10.5 Å². The summed E-state index contributed by atoms with van der Waals surface area (Å²) in [5, 5.41) is 0.913. The van der Waals surface area contributed by atoms with Crippen molar-refractivity contribution >= 4 is 35.1 Å². The summed E-state index contributed by atoms with van der Waals surface area (Å²) in [6.07, 6.45) is 0.791. The highest BCUT2D eigenvalue weighted by atomic mass is 35.5. The minimum absolute atomic E-state index is 0.141. The van der Waals surface area contributed by atoms with Gasteiger partial charge in [-0.1, -0.05) is 41.4 Å². The van der Waals surface area contributed by atoms with E-state index in [1.165, 1.54) is 17.0 Å². The zero-order valence-corrected chi connectivity index (χ0v) is 20.1. The van der Waals surface area contributed by atoms with Crippen molar-refractivity contribution in [1.82, 2.24) is 4.90 Å². The van der Waals surface area contributed by atoms with Crippen LogP contribution in [0.1, 0.15) is 24.5 Å². The van der Waals surface area contributed by atoms with Gasteiger partial charge in [0, 0.05) is 35.5 Å². The van der Waals surface area contributed by atoms with Gasteiger partial charge < -0.3 is 10.5 Å². The summed E-state index contributed by atoms with van der Waals surface area (Å²) in [5.41, 5.74) is 6.95. The Labute approximate surface area is 206 Å². The Morgan fingerprint density at radius 3 is 2.56 bits per heavy atom. The van der Waals surface area contributed by atoms with Gasteiger partial charge in [0.1, 0.15) is 17.2 Å². The van der Waals surface area contributed by atoms with Crippen LogP contribution in [0.2, 0.25) is 10.0 Å². The molecule has 2 N–H and O–H groups in total. The number of hydrogen-bond donors (Lipinski definition) is 1. The molecule has 2 heterocycles. The van der Waals surface area contributed by atoms with E-state index in [0.29, 0.717) is 33.9 Å². The molecule has 8 heteroatoms. The lowest BCUT2D eigenvalue weighted by Crippen LogP contribution is -2.51.